The van der Waals surface area contributed by atoms with Crippen LogP contribution >= 0.6 is 11.8 Å². The summed E-state index contributed by atoms with van der Waals surface area (Å²) in [6, 6.07) is 17.5. The number of nitrogens with zero attached hydrogens (tertiary/aromatic N) is 1. The van der Waals surface area contributed by atoms with Crippen molar-refractivity contribution in [1.29, 1.82) is 0 Å². The molecule has 0 spiro atoms. The molecule has 4 N–H and O–H groups in total. The normalized spacial score (nSPS) is 19.4. The van der Waals surface area contributed by atoms with Crippen molar-refractivity contribution in [3.05, 3.63) is 71.9 Å². The first-order valence-electron chi connectivity index (χ1n) is 11.6. The third-order valence-electron chi connectivity index (χ3n) is 6.23. The maximum absolute atomic E-state index is 13.5. The highest BCUT2D eigenvalue weighted by Gasteiger charge is 2.36. The zero-order valence-electron chi connectivity index (χ0n) is 19.2. The number of rotatable bonds is 10. The Morgan fingerprint density at radius 2 is 1.83 bits per heavy atom. The number of carboxylic acids is 2. The largest absolute Gasteiger partial charge is 0.480 e. The van der Waals surface area contributed by atoms with Crippen LogP contribution in [0.3, 0.4) is 0 Å². The third-order valence-corrected chi connectivity index (χ3v) is 7.42. The number of aromatic amines is 1. The lowest BCUT2D eigenvalue weighted by Crippen LogP contribution is -2.55. The van der Waals surface area contributed by atoms with Crippen LogP contribution in [0.5, 0.6) is 0 Å². The van der Waals surface area contributed by atoms with Gasteiger partial charge in [0, 0.05) is 35.2 Å². The Kier molecular flexibility index (Phi) is 8.09. The molecule has 0 saturated carbocycles. The molecule has 35 heavy (non-hydrogen) atoms. The number of H-pyrrole nitrogens is 1. The summed E-state index contributed by atoms with van der Waals surface area (Å²) in [6.07, 6.45) is 1.37. The van der Waals surface area contributed by atoms with Gasteiger partial charge in [0.2, 0.25) is 5.91 Å². The number of thioether (sulfide) groups is 1. The predicted octanol–water partition coefficient (Wildman–Crippen LogP) is 2.78. The van der Waals surface area contributed by atoms with Gasteiger partial charge in [-0.3, -0.25) is 19.7 Å². The minimum Gasteiger partial charge on any atom is -0.480 e. The first-order chi connectivity index (χ1) is 16.9. The molecule has 3 aromatic rings. The van der Waals surface area contributed by atoms with E-state index in [-0.39, 0.29) is 11.9 Å². The van der Waals surface area contributed by atoms with E-state index in [1.54, 1.807) is 0 Å². The van der Waals surface area contributed by atoms with Crippen LogP contribution in [0.1, 0.15) is 17.7 Å². The van der Waals surface area contributed by atoms with Crippen LogP contribution in [0.4, 0.5) is 0 Å². The molecule has 2 aromatic carbocycles. The second-order valence-corrected chi connectivity index (χ2v) is 9.85. The minimum absolute atomic E-state index is 0.323. The topological polar surface area (TPSA) is 123 Å². The Morgan fingerprint density at radius 3 is 2.54 bits per heavy atom. The summed E-state index contributed by atoms with van der Waals surface area (Å²) in [7, 11) is 0. The van der Waals surface area contributed by atoms with Crippen LogP contribution in [0, 0.1) is 0 Å². The molecule has 184 valence electrons. The van der Waals surface area contributed by atoms with E-state index in [1.165, 1.54) is 16.7 Å². The lowest BCUT2D eigenvalue weighted by atomic mass is 10.0. The van der Waals surface area contributed by atoms with Gasteiger partial charge in [-0.25, -0.2) is 0 Å². The van der Waals surface area contributed by atoms with Gasteiger partial charge in [0.1, 0.15) is 12.6 Å². The second-order valence-electron chi connectivity index (χ2n) is 8.77. The van der Waals surface area contributed by atoms with E-state index in [9.17, 15) is 24.6 Å². The second kappa shape index (κ2) is 11.4. The molecular formula is C26H29N3O5S. The molecule has 1 aliphatic heterocycles. The van der Waals surface area contributed by atoms with Crippen LogP contribution in [-0.2, 0) is 27.2 Å². The summed E-state index contributed by atoms with van der Waals surface area (Å²) in [5, 5.41) is 23.4. The first-order valence-corrected chi connectivity index (χ1v) is 12.8. The smallest absolute Gasteiger partial charge is 0.323 e. The summed E-state index contributed by atoms with van der Waals surface area (Å²) in [5.41, 5.74) is 2.94. The Labute approximate surface area is 207 Å². The first kappa shape index (κ1) is 24.8. The number of nitrogens with one attached hydrogen (secondary N) is 2. The fraction of sp³-hybridized carbons (Fsp3) is 0.346. The SMILES string of the molecule is O=C(O)CN1C(=O)C(NC(CCc2ccccc2)C(=O)O)CSCC1Cc1cc2ccccc2[nH]1. The van der Waals surface area contributed by atoms with Crippen molar-refractivity contribution in [3.8, 4) is 0 Å². The molecule has 0 bridgehead atoms. The van der Waals surface area contributed by atoms with Crippen LogP contribution in [0.2, 0.25) is 0 Å². The van der Waals surface area contributed by atoms with E-state index in [2.05, 4.69) is 10.3 Å². The van der Waals surface area contributed by atoms with Crippen LogP contribution in [0.15, 0.2) is 60.7 Å². The van der Waals surface area contributed by atoms with E-state index in [1.807, 2.05) is 60.7 Å². The average Bonchev–Trinajstić information content (AvgIpc) is 3.20. The number of amides is 1. The van der Waals surface area contributed by atoms with Crippen molar-refractivity contribution in [2.24, 2.45) is 0 Å². The van der Waals surface area contributed by atoms with Gasteiger partial charge in [0.25, 0.3) is 0 Å². The van der Waals surface area contributed by atoms with Crippen molar-refractivity contribution in [2.75, 3.05) is 18.1 Å². The molecule has 2 heterocycles. The van der Waals surface area contributed by atoms with Crippen molar-refractivity contribution < 1.29 is 24.6 Å². The van der Waals surface area contributed by atoms with E-state index >= 15 is 0 Å². The number of para-hydroxylation sites is 1. The van der Waals surface area contributed by atoms with Crippen LogP contribution in [0.25, 0.3) is 10.9 Å². The summed E-state index contributed by atoms with van der Waals surface area (Å²) in [4.78, 5) is 41.8. The maximum Gasteiger partial charge on any atom is 0.323 e. The van der Waals surface area contributed by atoms with E-state index < -0.39 is 30.6 Å². The number of carboxylic acid groups (broad SMARTS) is 2. The molecule has 1 aromatic heterocycles. The van der Waals surface area contributed by atoms with E-state index in [4.69, 9.17) is 0 Å². The Balaban J connectivity index is 1.48. The molecule has 0 aliphatic carbocycles. The number of hydrogen-bond donors (Lipinski definition) is 4. The van der Waals surface area contributed by atoms with Crippen molar-refractivity contribution in [1.82, 2.24) is 15.2 Å². The maximum atomic E-state index is 13.5. The molecule has 1 fully saturated rings. The summed E-state index contributed by atoms with van der Waals surface area (Å²) in [6.45, 7) is -0.426. The van der Waals surface area contributed by atoms with Gasteiger partial charge in [-0.1, -0.05) is 48.5 Å². The Bertz CT molecular complexity index is 1150. The number of aromatic nitrogens is 1. The average molecular weight is 496 g/mol. The Hall–Kier alpha value is -3.30. The lowest BCUT2D eigenvalue weighted by Gasteiger charge is -2.31. The monoisotopic (exact) mass is 495 g/mol. The van der Waals surface area contributed by atoms with Crippen molar-refractivity contribution in [2.45, 2.75) is 37.4 Å². The summed E-state index contributed by atoms with van der Waals surface area (Å²) >= 11 is 1.54. The number of benzene rings is 2. The zero-order valence-corrected chi connectivity index (χ0v) is 20.0. The molecule has 3 unspecified atom stereocenters. The number of fused-ring (bicyclic) bond motifs is 1. The number of carbonyl (C=O) groups is 3. The quantitative estimate of drug-likeness (QED) is 0.341. The standard InChI is InChI=1S/C26H29N3O5S/c30-24(31)14-29-20(13-19-12-18-8-4-5-9-21(18)27-19)15-35-16-23(25(29)32)28-22(26(33)34)11-10-17-6-2-1-3-7-17/h1-9,12,20,22-23,27-28H,10-11,13-16H2,(H,30,31)(H,33,34). The Morgan fingerprint density at radius 1 is 1.09 bits per heavy atom. The summed E-state index contributed by atoms with van der Waals surface area (Å²) < 4.78 is 0. The van der Waals surface area contributed by atoms with Gasteiger partial charge in [-0.15, -0.1) is 0 Å². The number of aryl methyl sites for hydroxylation is 1. The highest BCUT2D eigenvalue weighted by molar-refractivity contribution is 7.99. The van der Waals surface area contributed by atoms with Gasteiger partial charge < -0.3 is 20.1 Å². The van der Waals surface area contributed by atoms with Gasteiger partial charge in [-0.05, 0) is 35.9 Å². The molecule has 3 atom stereocenters. The van der Waals surface area contributed by atoms with Crippen molar-refractivity contribution in [3.63, 3.8) is 0 Å². The molecule has 1 amide bonds. The molecule has 4 rings (SSSR count). The molecule has 1 aliphatic rings. The van der Waals surface area contributed by atoms with Gasteiger partial charge in [-0.2, -0.15) is 11.8 Å². The van der Waals surface area contributed by atoms with Crippen LogP contribution in [-0.4, -0.2) is 74.1 Å². The summed E-state index contributed by atoms with van der Waals surface area (Å²) in [5.74, 6) is -1.54. The molecule has 8 nitrogen and oxygen atoms in total. The number of hydrogen-bond acceptors (Lipinski definition) is 5. The highest BCUT2D eigenvalue weighted by Crippen LogP contribution is 2.23. The molecule has 0 radical (unpaired) electrons. The lowest BCUT2D eigenvalue weighted by molar-refractivity contribution is -0.147. The van der Waals surface area contributed by atoms with Crippen molar-refractivity contribution >= 4 is 40.5 Å². The fourth-order valence-electron chi connectivity index (χ4n) is 4.48. The van der Waals surface area contributed by atoms with E-state index in [0.717, 1.165) is 22.2 Å². The van der Waals surface area contributed by atoms with E-state index in [0.29, 0.717) is 30.8 Å². The third kappa shape index (κ3) is 6.43. The molecular weight excluding hydrogens is 466 g/mol. The van der Waals surface area contributed by atoms with Gasteiger partial charge >= 0.3 is 11.9 Å². The minimum atomic E-state index is -1.09. The van der Waals surface area contributed by atoms with Gasteiger partial charge in [0.15, 0.2) is 0 Å². The van der Waals surface area contributed by atoms with Crippen LogP contribution < -0.4 is 5.32 Å². The number of carbonyl (C=O) groups excluding carboxylic acids is 1. The molecule has 9 heteroatoms. The number of aliphatic carboxylic acids is 2. The molecule has 1 saturated heterocycles. The fourth-order valence-corrected chi connectivity index (χ4v) is 5.66. The van der Waals surface area contributed by atoms with Gasteiger partial charge in [0.05, 0.1) is 6.04 Å². The predicted molar refractivity (Wildman–Crippen MR) is 136 cm³/mol. The highest BCUT2D eigenvalue weighted by atomic mass is 32.2. The zero-order chi connectivity index (χ0) is 24.8.